The summed E-state index contributed by atoms with van der Waals surface area (Å²) in [6.45, 7) is 8.69. The van der Waals surface area contributed by atoms with Gasteiger partial charge in [0, 0.05) is 30.2 Å². The van der Waals surface area contributed by atoms with E-state index < -0.39 is 10.0 Å². The van der Waals surface area contributed by atoms with Gasteiger partial charge in [-0.1, -0.05) is 18.9 Å². The second kappa shape index (κ2) is 9.23. The molecule has 8 nitrogen and oxygen atoms in total. The minimum atomic E-state index is -3.62. The summed E-state index contributed by atoms with van der Waals surface area (Å²) >= 11 is 0. The van der Waals surface area contributed by atoms with E-state index in [0.29, 0.717) is 35.6 Å². The Labute approximate surface area is 195 Å². The Balaban J connectivity index is 1.62. The molecule has 0 radical (unpaired) electrons. The summed E-state index contributed by atoms with van der Waals surface area (Å²) in [5.41, 5.74) is 2.87. The van der Waals surface area contributed by atoms with Gasteiger partial charge in [0.15, 0.2) is 5.65 Å². The molecule has 0 spiro atoms. The smallest absolute Gasteiger partial charge is 0.257 e. The van der Waals surface area contributed by atoms with E-state index in [9.17, 15) is 13.2 Å². The SMILES string of the molecule is Cc1ccc(NC(=O)c2cc3cnn(C(C)C)c3nc2C)cc1S(=O)(=O)N1CCCCCC1. The minimum Gasteiger partial charge on any atom is -0.322 e. The predicted molar refractivity (Wildman–Crippen MR) is 129 cm³/mol. The van der Waals surface area contributed by atoms with Gasteiger partial charge in [0.2, 0.25) is 10.0 Å². The molecule has 1 amide bonds. The number of carbonyl (C=O) groups is 1. The monoisotopic (exact) mass is 469 g/mol. The maximum atomic E-state index is 13.3. The number of aryl methyl sites for hydroxylation is 2. The number of hydrogen-bond donors (Lipinski definition) is 1. The maximum Gasteiger partial charge on any atom is 0.257 e. The molecule has 1 aromatic carbocycles. The van der Waals surface area contributed by atoms with Crippen molar-refractivity contribution in [3.8, 4) is 0 Å². The molecule has 3 aromatic rings. The molecule has 2 aromatic heterocycles. The normalized spacial score (nSPS) is 15.7. The van der Waals surface area contributed by atoms with Crippen molar-refractivity contribution >= 4 is 32.7 Å². The van der Waals surface area contributed by atoms with Crippen molar-refractivity contribution in [2.75, 3.05) is 18.4 Å². The first-order valence-electron chi connectivity index (χ1n) is 11.5. The van der Waals surface area contributed by atoms with E-state index in [1.54, 1.807) is 48.6 Å². The number of rotatable bonds is 5. The molecule has 1 N–H and O–H groups in total. The number of nitrogens with one attached hydrogen (secondary N) is 1. The van der Waals surface area contributed by atoms with E-state index in [4.69, 9.17) is 0 Å². The number of sulfonamides is 1. The molecule has 0 saturated carbocycles. The van der Waals surface area contributed by atoms with Crippen molar-refractivity contribution in [3.05, 3.63) is 47.3 Å². The van der Waals surface area contributed by atoms with Crippen molar-refractivity contribution in [1.29, 1.82) is 0 Å². The van der Waals surface area contributed by atoms with E-state index in [1.807, 2.05) is 18.5 Å². The largest absolute Gasteiger partial charge is 0.322 e. The zero-order valence-corrected chi connectivity index (χ0v) is 20.4. The van der Waals surface area contributed by atoms with Gasteiger partial charge in [-0.15, -0.1) is 0 Å². The molecule has 33 heavy (non-hydrogen) atoms. The van der Waals surface area contributed by atoms with E-state index in [0.717, 1.165) is 36.7 Å². The lowest BCUT2D eigenvalue weighted by atomic mass is 10.1. The van der Waals surface area contributed by atoms with Gasteiger partial charge in [-0.05, 0) is 64.3 Å². The highest BCUT2D eigenvalue weighted by Crippen LogP contribution is 2.27. The third-order valence-corrected chi connectivity index (χ3v) is 8.16. The third-order valence-electron chi connectivity index (χ3n) is 6.12. The molecule has 1 aliphatic rings. The summed E-state index contributed by atoms with van der Waals surface area (Å²) in [6.07, 6.45) is 5.55. The summed E-state index contributed by atoms with van der Waals surface area (Å²) in [7, 11) is -3.62. The van der Waals surface area contributed by atoms with Gasteiger partial charge in [0.1, 0.15) is 0 Å². The van der Waals surface area contributed by atoms with Crippen LogP contribution in [0.1, 0.15) is 67.2 Å². The van der Waals surface area contributed by atoms with Crippen LogP contribution in [0.5, 0.6) is 0 Å². The van der Waals surface area contributed by atoms with Gasteiger partial charge >= 0.3 is 0 Å². The molecule has 1 saturated heterocycles. The van der Waals surface area contributed by atoms with E-state index in [1.165, 1.54) is 0 Å². The second-order valence-electron chi connectivity index (χ2n) is 8.97. The average Bonchev–Trinajstić information content (AvgIpc) is 2.98. The lowest BCUT2D eigenvalue weighted by Gasteiger charge is -2.21. The first-order chi connectivity index (χ1) is 15.7. The number of pyridine rings is 1. The number of nitrogens with zero attached hydrogens (tertiary/aromatic N) is 4. The maximum absolute atomic E-state index is 13.3. The van der Waals surface area contributed by atoms with Crippen LogP contribution in [0.4, 0.5) is 5.69 Å². The first kappa shape index (κ1) is 23.4. The van der Waals surface area contributed by atoms with Gasteiger partial charge in [0.05, 0.1) is 22.3 Å². The highest BCUT2D eigenvalue weighted by atomic mass is 32.2. The van der Waals surface area contributed by atoms with E-state index in [-0.39, 0.29) is 16.8 Å². The first-order valence-corrected chi connectivity index (χ1v) is 12.9. The number of amides is 1. The zero-order chi connectivity index (χ0) is 23.8. The summed E-state index contributed by atoms with van der Waals surface area (Å²) < 4.78 is 30.0. The standard InChI is InChI=1S/C24H31N5O3S/c1-16(2)29-23-19(15-25-29)13-21(18(4)26-23)24(30)27-20-10-9-17(3)22(14-20)33(31,32)28-11-7-5-6-8-12-28/h9-10,13-16H,5-8,11-12H2,1-4H3,(H,27,30). The summed E-state index contributed by atoms with van der Waals surface area (Å²) in [5.74, 6) is -0.332. The lowest BCUT2D eigenvalue weighted by molar-refractivity contribution is 0.102. The molecule has 1 aliphatic heterocycles. The van der Waals surface area contributed by atoms with Crippen LogP contribution in [-0.4, -0.2) is 46.5 Å². The van der Waals surface area contributed by atoms with Crippen LogP contribution >= 0.6 is 0 Å². The molecular weight excluding hydrogens is 438 g/mol. The Hall–Kier alpha value is -2.78. The molecule has 4 rings (SSSR count). The Kier molecular flexibility index (Phi) is 6.54. The number of benzene rings is 1. The van der Waals surface area contributed by atoms with Crippen LogP contribution in [0.3, 0.4) is 0 Å². The molecule has 1 fully saturated rings. The average molecular weight is 470 g/mol. The Morgan fingerprint density at radius 2 is 1.76 bits per heavy atom. The van der Waals surface area contributed by atoms with Crippen LogP contribution < -0.4 is 5.32 Å². The number of fused-ring (bicyclic) bond motifs is 1. The van der Waals surface area contributed by atoms with Crippen LogP contribution in [0.15, 0.2) is 35.4 Å². The summed E-state index contributed by atoms with van der Waals surface area (Å²) in [6, 6.07) is 6.97. The van der Waals surface area contributed by atoms with Crippen LogP contribution in [-0.2, 0) is 10.0 Å². The molecule has 0 aliphatic carbocycles. The van der Waals surface area contributed by atoms with Crippen molar-refractivity contribution in [3.63, 3.8) is 0 Å². The van der Waals surface area contributed by atoms with Gasteiger partial charge in [-0.2, -0.15) is 9.40 Å². The number of aromatic nitrogens is 3. The predicted octanol–water partition coefficient (Wildman–Crippen LogP) is 4.45. The van der Waals surface area contributed by atoms with Gasteiger partial charge < -0.3 is 5.32 Å². The van der Waals surface area contributed by atoms with Gasteiger partial charge in [0.25, 0.3) is 5.91 Å². The highest BCUT2D eigenvalue weighted by Gasteiger charge is 2.27. The molecule has 176 valence electrons. The molecule has 9 heteroatoms. The topological polar surface area (TPSA) is 97.2 Å². The van der Waals surface area contributed by atoms with Gasteiger partial charge in [-0.3, -0.25) is 4.79 Å². The zero-order valence-electron chi connectivity index (χ0n) is 19.6. The van der Waals surface area contributed by atoms with Crippen molar-refractivity contribution in [2.45, 2.75) is 64.3 Å². The lowest BCUT2D eigenvalue weighted by Crippen LogP contribution is -2.32. The second-order valence-corrected chi connectivity index (χ2v) is 10.9. The Morgan fingerprint density at radius 3 is 2.42 bits per heavy atom. The van der Waals surface area contributed by atoms with Crippen LogP contribution in [0, 0.1) is 13.8 Å². The van der Waals surface area contributed by atoms with Crippen LogP contribution in [0.25, 0.3) is 11.0 Å². The summed E-state index contributed by atoms with van der Waals surface area (Å²) in [4.78, 5) is 17.9. The molecule has 3 heterocycles. The minimum absolute atomic E-state index is 0.159. The molecular formula is C24H31N5O3S. The molecule has 0 atom stereocenters. The Morgan fingerprint density at radius 1 is 1.06 bits per heavy atom. The van der Waals surface area contributed by atoms with Crippen molar-refractivity contribution < 1.29 is 13.2 Å². The molecule has 0 unspecified atom stereocenters. The highest BCUT2D eigenvalue weighted by molar-refractivity contribution is 7.89. The fourth-order valence-electron chi connectivity index (χ4n) is 4.25. The fraction of sp³-hybridized carbons (Fsp3) is 0.458. The van der Waals surface area contributed by atoms with Gasteiger partial charge in [-0.25, -0.2) is 18.1 Å². The van der Waals surface area contributed by atoms with Crippen molar-refractivity contribution in [2.24, 2.45) is 0 Å². The number of anilines is 1. The quantitative estimate of drug-likeness (QED) is 0.596. The summed E-state index contributed by atoms with van der Waals surface area (Å²) in [5, 5.41) is 8.02. The van der Waals surface area contributed by atoms with E-state index >= 15 is 0 Å². The van der Waals surface area contributed by atoms with E-state index in [2.05, 4.69) is 15.4 Å². The third kappa shape index (κ3) is 4.65. The molecule has 0 bridgehead atoms. The number of hydrogen-bond acceptors (Lipinski definition) is 5. The Bertz CT molecular complexity index is 1290. The van der Waals surface area contributed by atoms with Crippen LogP contribution in [0.2, 0.25) is 0 Å². The van der Waals surface area contributed by atoms with Crippen molar-refractivity contribution in [1.82, 2.24) is 19.1 Å². The number of carbonyl (C=O) groups excluding carboxylic acids is 1. The fourth-order valence-corrected chi connectivity index (χ4v) is 6.02.